The highest BCUT2D eigenvalue weighted by Gasteiger charge is 2.49. The minimum Gasteiger partial charge on any atom is -0.348 e. The van der Waals surface area contributed by atoms with Crippen molar-refractivity contribution in [3.63, 3.8) is 0 Å². The molecule has 0 saturated heterocycles. The van der Waals surface area contributed by atoms with Crippen LogP contribution >= 0.6 is 0 Å². The zero-order chi connectivity index (χ0) is 23.7. The molecule has 1 aliphatic carbocycles. The Morgan fingerprint density at radius 3 is 2.76 bits per heavy atom. The second kappa shape index (κ2) is 9.45. The second-order valence-corrected chi connectivity index (χ2v) is 9.58. The van der Waals surface area contributed by atoms with Crippen LogP contribution in [0.5, 0.6) is 0 Å². The van der Waals surface area contributed by atoms with Gasteiger partial charge >= 0.3 is 0 Å². The van der Waals surface area contributed by atoms with Gasteiger partial charge in [-0.3, -0.25) is 4.79 Å². The molecule has 3 unspecified atom stereocenters. The average Bonchev–Trinajstić information content (AvgIpc) is 2.86. The number of nitrogens with one attached hydrogen (secondary N) is 2. The molecule has 1 amide bonds. The molecular formula is C28H33N5O. The average molecular weight is 456 g/mol. The molecule has 2 aromatic carbocycles. The maximum absolute atomic E-state index is 12.3. The summed E-state index contributed by atoms with van der Waals surface area (Å²) < 4.78 is 0. The van der Waals surface area contributed by atoms with Gasteiger partial charge in [0.2, 0.25) is 11.9 Å². The van der Waals surface area contributed by atoms with Gasteiger partial charge < -0.3 is 15.5 Å². The van der Waals surface area contributed by atoms with Crippen LogP contribution in [0.1, 0.15) is 69.5 Å². The van der Waals surface area contributed by atoms with Crippen molar-refractivity contribution in [3.05, 3.63) is 71.9 Å². The highest BCUT2D eigenvalue weighted by atomic mass is 16.1. The van der Waals surface area contributed by atoms with E-state index in [0.29, 0.717) is 30.2 Å². The number of carbonyl (C=O) groups excluding carboxylic acids is 1. The summed E-state index contributed by atoms with van der Waals surface area (Å²) in [6.07, 6.45) is 5.44. The molecule has 4 atom stereocenters. The first-order chi connectivity index (χ1) is 16.5. The molecule has 6 rings (SSSR count). The molecule has 0 radical (unpaired) electrons. The Kier molecular flexibility index (Phi) is 6.22. The molecule has 2 bridgehead atoms. The van der Waals surface area contributed by atoms with Gasteiger partial charge in [0.05, 0.1) is 6.04 Å². The van der Waals surface area contributed by atoms with Crippen LogP contribution in [0.4, 0.5) is 23.1 Å². The van der Waals surface area contributed by atoms with Crippen LogP contribution in [-0.4, -0.2) is 21.9 Å². The quantitative estimate of drug-likeness (QED) is 0.410. The molecule has 34 heavy (non-hydrogen) atoms. The second-order valence-electron chi connectivity index (χ2n) is 9.58. The fourth-order valence-electron chi connectivity index (χ4n) is 5.27. The predicted octanol–water partition coefficient (Wildman–Crippen LogP) is 6.42. The Hall–Kier alpha value is -3.41. The van der Waals surface area contributed by atoms with E-state index in [0.717, 1.165) is 30.8 Å². The summed E-state index contributed by atoms with van der Waals surface area (Å²) in [5.74, 6) is 2.69. The van der Waals surface area contributed by atoms with E-state index < -0.39 is 0 Å². The third-order valence-electron chi connectivity index (χ3n) is 7.33. The number of amides is 1. The lowest BCUT2D eigenvalue weighted by molar-refractivity contribution is -0.116. The lowest BCUT2D eigenvalue weighted by Gasteiger charge is -2.55. The number of hydrogen-bond acceptors (Lipinski definition) is 5. The first-order valence-electron chi connectivity index (χ1n) is 12.4. The van der Waals surface area contributed by atoms with Gasteiger partial charge in [-0.1, -0.05) is 50.6 Å². The molecule has 3 aromatic rings. The van der Waals surface area contributed by atoms with Gasteiger partial charge in [0.1, 0.15) is 5.82 Å². The van der Waals surface area contributed by atoms with Crippen molar-refractivity contribution >= 4 is 29.0 Å². The zero-order valence-electron chi connectivity index (χ0n) is 20.2. The molecule has 1 saturated carbocycles. The zero-order valence-corrected chi connectivity index (χ0v) is 20.2. The molecule has 2 aliphatic heterocycles. The van der Waals surface area contributed by atoms with Crippen molar-refractivity contribution in [2.24, 2.45) is 5.92 Å². The van der Waals surface area contributed by atoms with Crippen molar-refractivity contribution < 1.29 is 4.79 Å². The third kappa shape index (κ3) is 4.25. The summed E-state index contributed by atoms with van der Waals surface area (Å²) in [6.45, 7) is 6.54. The number of aromatic nitrogens is 2. The van der Waals surface area contributed by atoms with Gasteiger partial charge in [-0.2, -0.15) is 4.98 Å². The SMILES string of the molecule is CCCCC(=O)Nc1ccc2c(c1)C1CC(C1C)N2c1ccnc(N[C@@H](C)c2ccccc2)n1. The summed E-state index contributed by atoms with van der Waals surface area (Å²) in [5.41, 5.74) is 4.57. The van der Waals surface area contributed by atoms with Crippen molar-refractivity contribution in [2.45, 2.75) is 64.5 Å². The van der Waals surface area contributed by atoms with E-state index in [9.17, 15) is 4.79 Å². The van der Waals surface area contributed by atoms with Gasteiger partial charge in [-0.05, 0) is 67.0 Å². The number of hydrogen-bond donors (Lipinski definition) is 2. The summed E-state index contributed by atoms with van der Waals surface area (Å²) >= 11 is 0. The molecule has 6 heteroatoms. The van der Waals surface area contributed by atoms with Crippen LogP contribution < -0.4 is 15.5 Å². The number of unbranched alkanes of at least 4 members (excludes halogenated alkanes) is 1. The van der Waals surface area contributed by atoms with Gasteiger partial charge in [-0.15, -0.1) is 0 Å². The van der Waals surface area contributed by atoms with Gasteiger partial charge in [0.15, 0.2) is 0 Å². The fourth-order valence-corrected chi connectivity index (χ4v) is 5.27. The normalized spacial score (nSPS) is 21.3. The number of benzene rings is 2. The minimum absolute atomic E-state index is 0.0908. The first-order valence-corrected chi connectivity index (χ1v) is 12.4. The molecular weight excluding hydrogens is 422 g/mol. The molecule has 176 valence electrons. The van der Waals surface area contributed by atoms with Crippen LogP contribution in [0, 0.1) is 5.92 Å². The Labute approximate surface area is 201 Å². The Morgan fingerprint density at radius 1 is 1.18 bits per heavy atom. The lowest BCUT2D eigenvalue weighted by Crippen LogP contribution is -2.53. The van der Waals surface area contributed by atoms with Gasteiger partial charge in [0.25, 0.3) is 0 Å². The van der Waals surface area contributed by atoms with E-state index in [1.165, 1.54) is 16.8 Å². The molecule has 6 nitrogen and oxygen atoms in total. The maximum Gasteiger partial charge on any atom is 0.225 e. The highest BCUT2D eigenvalue weighted by Crippen LogP contribution is 2.56. The Balaban J connectivity index is 1.40. The molecule has 3 aliphatic rings. The van der Waals surface area contributed by atoms with Crippen LogP contribution in [-0.2, 0) is 4.79 Å². The summed E-state index contributed by atoms with van der Waals surface area (Å²) in [7, 11) is 0. The topological polar surface area (TPSA) is 70.2 Å². The first kappa shape index (κ1) is 22.4. The third-order valence-corrected chi connectivity index (χ3v) is 7.33. The van der Waals surface area contributed by atoms with E-state index in [1.54, 1.807) is 0 Å². The van der Waals surface area contributed by atoms with E-state index >= 15 is 0 Å². The molecule has 1 aromatic heterocycles. The van der Waals surface area contributed by atoms with E-state index in [1.807, 2.05) is 36.5 Å². The predicted molar refractivity (Wildman–Crippen MR) is 138 cm³/mol. The smallest absolute Gasteiger partial charge is 0.225 e. The number of anilines is 4. The Morgan fingerprint density at radius 2 is 2.00 bits per heavy atom. The van der Waals surface area contributed by atoms with Crippen LogP contribution in [0.25, 0.3) is 0 Å². The monoisotopic (exact) mass is 455 g/mol. The largest absolute Gasteiger partial charge is 0.348 e. The molecule has 0 spiro atoms. The standard InChI is InChI=1S/C28H33N5O/c1-4-5-11-27(34)31-21-12-13-24-23(16-21)22-17-25(18(22)2)33(24)26-14-15-29-28(32-26)30-19(3)20-9-7-6-8-10-20/h6-10,12-16,18-19,22,25H,4-5,11,17H2,1-3H3,(H,31,34)(H,29,30,32)/t18?,19-,22?,25?/m0/s1. The van der Waals surface area contributed by atoms with Gasteiger partial charge in [0, 0.05) is 30.0 Å². The molecule has 1 fully saturated rings. The molecule has 3 heterocycles. The van der Waals surface area contributed by atoms with Crippen molar-refractivity contribution in [2.75, 3.05) is 15.5 Å². The summed E-state index contributed by atoms with van der Waals surface area (Å²) in [6, 6.07) is 19.2. The van der Waals surface area contributed by atoms with Crippen LogP contribution in [0.15, 0.2) is 60.8 Å². The van der Waals surface area contributed by atoms with Crippen LogP contribution in [0.2, 0.25) is 0 Å². The molecule has 2 N–H and O–H groups in total. The van der Waals surface area contributed by atoms with Crippen molar-refractivity contribution in [1.82, 2.24) is 9.97 Å². The van der Waals surface area contributed by atoms with E-state index in [4.69, 9.17) is 4.98 Å². The number of nitrogens with zero attached hydrogens (tertiary/aromatic N) is 3. The highest BCUT2D eigenvalue weighted by molar-refractivity contribution is 5.91. The Bertz CT molecular complexity index is 1160. The van der Waals surface area contributed by atoms with Crippen LogP contribution in [0.3, 0.4) is 0 Å². The van der Waals surface area contributed by atoms with E-state index in [-0.39, 0.29) is 11.9 Å². The number of rotatable bonds is 8. The minimum atomic E-state index is 0.0908. The van der Waals surface area contributed by atoms with Crippen molar-refractivity contribution in [1.29, 1.82) is 0 Å². The van der Waals surface area contributed by atoms with E-state index in [2.05, 4.69) is 65.6 Å². The number of carbonyl (C=O) groups is 1. The summed E-state index contributed by atoms with van der Waals surface area (Å²) in [5, 5.41) is 6.54. The fraction of sp³-hybridized carbons (Fsp3) is 0.393. The van der Waals surface area contributed by atoms with Crippen molar-refractivity contribution in [3.8, 4) is 0 Å². The maximum atomic E-state index is 12.3. The summed E-state index contributed by atoms with van der Waals surface area (Å²) in [4.78, 5) is 24.0. The lowest BCUT2D eigenvalue weighted by atomic mass is 9.62. The van der Waals surface area contributed by atoms with Gasteiger partial charge in [-0.25, -0.2) is 4.98 Å².